The van der Waals surface area contributed by atoms with Gasteiger partial charge in [0.05, 0.1) is 10.7 Å². The van der Waals surface area contributed by atoms with Crippen LogP contribution >= 0.6 is 11.6 Å². The minimum atomic E-state index is 0.425. The van der Waals surface area contributed by atoms with E-state index >= 15 is 0 Å². The normalized spacial score (nSPS) is 17.5. The van der Waals surface area contributed by atoms with Gasteiger partial charge in [-0.2, -0.15) is 0 Å². The molecule has 1 aliphatic rings. The summed E-state index contributed by atoms with van der Waals surface area (Å²) < 4.78 is 0. The van der Waals surface area contributed by atoms with Crippen molar-refractivity contribution in [3.63, 3.8) is 0 Å². The second kappa shape index (κ2) is 4.27. The molecule has 1 aliphatic carbocycles. The van der Waals surface area contributed by atoms with Crippen molar-refractivity contribution < 1.29 is 0 Å². The fourth-order valence-corrected chi connectivity index (χ4v) is 1.89. The average molecular weight is 226 g/mol. The first kappa shape index (κ1) is 10.6. The molecule has 3 N–H and O–H groups in total. The molecule has 0 radical (unpaired) electrons. The first-order valence-corrected chi connectivity index (χ1v) is 5.70. The van der Waals surface area contributed by atoms with Crippen LogP contribution in [0.4, 0.5) is 11.5 Å². The van der Waals surface area contributed by atoms with Crippen LogP contribution < -0.4 is 11.1 Å². The van der Waals surface area contributed by atoms with Gasteiger partial charge in [0.15, 0.2) is 0 Å². The number of hydrogen-bond acceptors (Lipinski definition) is 3. The molecule has 15 heavy (non-hydrogen) atoms. The van der Waals surface area contributed by atoms with Gasteiger partial charge in [-0.25, -0.2) is 4.98 Å². The Morgan fingerprint density at radius 3 is 3.00 bits per heavy atom. The number of nitrogens with one attached hydrogen (secondary N) is 1. The van der Waals surface area contributed by atoms with Crippen LogP contribution in [0.3, 0.4) is 0 Å². The van der Waals surface area contributed by atoms with E-state index in [1.165, 1.54) is 19.3 Å². The highest BCUT2D eigenvalue weighted by Crippen LogP contribution is 2.34. The number of pyridine rings is 1. The highest BCUT2D eigenvalue weighted by Gasteiger charge is 2.23. The molecule has 82 valence electrons. The van der Waals surface area contributed by atoms with Crippen LogP contribution in [-0.4, -0.2) is 11.0 Å². The van der Waals surface area contributed by atoms with Crippen molar-refractivity contribution in [3.8, 4) is 0 Å². The summed E-state index contributed by atoms with van der Waals surface area (Å²) in [6.07, 6.45) is 5.55. The molecule has 3 nitrogen and oxygen atoms in total. The van der Waals surface area contributed by atoms with Crippen LogP contribution in [0.5, 0.6) is 0 Å². The lowest BCUT2D eigenvalue weighted by Crippen LogP contribution is -2.17. The Balaban J connectivity index is 1.96. The van der Waals surface area contributed by atoms with Gasteiger partial charge in [0.25, 0.3) is 0 Å². The Labute approximate surface area is 95.0 Å². The van der Waals surface area contributed by atoms with E-state index in [9.17, 15) is 0 Å². The third-order valence-electron chi connectivity index (χ3n) is 2.65. The molecule has 0 spiro atoms. The van der Waals surface area contributed by atoms with Gasteiger partial charge in [0.1, 0.15) is 5.82 Å². The second-order valence-electron chi connectivity index (χ2n) is 4.32. The van der Waals surface area contributed by atoms with Crippen LogP contribution in [0.1, 0.15) is 26.2 Å². The van der Waals surface area contributed by atoms with Gasteiger partial charge >= 0.3 is 0 Å². The maximum atomic E-state index is 5.81. The number of anilines is 2. The molecular weight excluding hydrogens is 210 g/mol. The molecule has 1 aromatic heterocycles. The first-order chi connectivity index (χ1) is 7.15. The molecule has 1 saturated carbocycles. The van der Waals surface area contributed by atoms with Crippen LogP contribution in [0, 0.1) is 5.92 Å². The Morgan fingerprint density at radius 2 is 2.40 bits per heavy atom. The lowest BCUT2D eigenvalue weighted by molar-refractivity contribution is 0.640. The van der Waals surface area contributed by atoms with Gasteiger partial charge in [-0.1, -0.05) is 24.4 Å². The Kier molecular flexibility index (Phi) is 3.00. The van der Waals surface area contributed by atoms with Gasteiger partial charge in [-0.3, -0.25) is 0 Å². The molecule has 0 aliphatic heterocycles. The van der Waals surface area contributed by atoms with E-state index in [1.54, 1.807) is 12.3 Å². The number of nitrogens with zero attached hydrogens (tertiary/aromatic N) is 1. The third kappa shape index (κ3) is 2.99. The monoisotopic (exact) mass is 225 g/mol. The first-order valence-electron chi connectivity index (χ1n) is 5.32. The number of halogens is 1. The van der Waals surface area contributed by atoms with Gasteiger partial charge in [0.2, 0.25) is 0 Å². The summed E-state index contributed by atoms with van der Waals surface area (Å²) >= 11 is 5.78. The number of nitrogen functional groups attached to an aromatic ring is 1. The zero-order chi connectivity index (χ0) is 10.8. The van der Waals surface area contributed by atoms with Crippen molar-refractivity contribution in [2.24, 2.45) is 5.92 Å². The molecule has 0 bridgehead atoms. The van der Waals surface area contributed by atoms with Crippen LogP contribution in [0.15, 0.2) is 12.3 Å². The Hall–Kier alpha value is -0.960. The Bertz CT molecular complexity index is 350. The van der Waals surface area contributed by atoms with E-state index in [0.717, 1.165) is 11.7 Å². The molecule has 2 rings (SSSR count). The maximum Gasteiger partial charge on any atom is 0.149 e. The number of nitrogens with two attached hydrogens (primary N) is 1. The van der Waals surface area contributed by atoms with E-state index in [1.807, 2.05) is 0 Å². The fourth-order valence-electron chi connectivity index (χ4n) is 1.72. The minimum absolute atomic E-state index is 0.425. The summed E-state index contributed by atoms with van der Waals surface area (Å²) in [6, 6.07) is 2.15. The summed E-state index contributed by atoms with van der Waals surface area (Å²) in [5.74, 6) is 1.65. The summed E-state index contributed by atoms with van der Waals surface area (Å²) in [7, 11) is 0. The highest BCUT2D eigenvalue weighted by atomic mass is 35.5. The van der Waals surface area contributed by atoms with E-state index < -0.39 is 0 Å². The smallest absolute Gasteiger partial charge is 0.149 e. The topological polar surface area (TPSA) is 50.9 Å². The van der Waals surface area contributed by atoms with Crippen molar-refractivity contribution in [2.45, 2.75) is 32.2 Å². The van der Waals surface area contributed by atoms with Crippen molar-refractivity contribution in [2.75, 3.05) is 11.1 Å². The lowest BCUT2D eigenvalue weighted by Gasteiger charge is -2.15. The molecule has 0 saturated heterocycles. The van der Waals surface area contributed by atoms with E-state index in [2.05, 4.69) is 17.2 Å². The quantitative estimate of drug-likeness (QED) is 0.829. The van der Waals surface area contributed by atoms with E-state index in [4.69, 9.17) is 17.3 Å². The maximum absolute atomic E-state index is 5.81. The molecular formula is C11H16ClN3. The van der Waals surface area contributed by atoms with Gasteiger partial charge < -0.3 is 11.1 Å². The zero-order valence-corrected chi connectivity index (χ0v) is 9.59. The molecule has 1 atom stereocenters. The van der Waals surface area contributed by atoms with Gasteiger partial charge in [-0.15, -0.1) is 0 Å². The van der Waals surface area contributed by atoms with Crippen molar-refractivity contribution in [1.29, 1.82) is 0 Å². The summed E-state index contributed by atoms with van der Waals surface area (Å²) in [6.45, 7) is 2.16. The lowest BCUT2D eigenvalue weighted by atomic mass is 10.1. The van der Waals surface area contributed by atoms with Crippen molar-refractivity contribution in [1.82, 2.24) is 4.98 Å². The van der Waals surface area contributed by atoms with Crippen LogP contribution in [0.2, 0.25) is 5.02 Å². The molecule has 4 heteroatoms. The van der Waals surface area contributed by atoms with Crippen molar-refractivity contribution >= 4 is 23.1 Å². The van der Waals surface area contributed by atoms with Gasteiger partial charge in [-0.05, 0) is 25.3 Å². The van der Waals surface area contributed by atoms with Crippen LogP contribution in [0.25, 0.3) is 0 Å². The van der Waals surface area contributed by atoms with Crippen molar-refractivity contribution in [3.05, 3.63) is 17.3 Å². The number of hydrogen-bond donors (Lipinski definition) is 2. The largest absolute Gasteiger partial charge is 0.396 e. The predicted molar refractivity (Wildman–Crippen MR) is 64.1 cm³/mol. The van der Waals surface area contributed by atoms with Gasteiger partial charge in [0, 0.05) is 12.2 Å². The van der Waals surface area contributed by atoms with E-state index in [-0.39, 0.29) is 0 Å². The zero-order valence-electron chi connectivity index (χ0n) is 8.83. The van der Waals surface area contributed by atoms with E-state index in [0.29, 0.717) is 16.8 Å². The van der Waals surface area contributed by atoms with Crippen LogP contribution in [-0.2, 0) is 0 Å². The molecule has 1 fully saturated rings. The molecule has 1 unspecified atom stereocenters. The molecule has 0 amide bonds. The number of rotatable bonds is 4. The fraction of sp³-hybridized carbons (Fsp3) is 0.545. The molecule has 0 aromatic carbocycles. The SMILES string of the molecule is CC(CC1CC1)Nc1ncc(Cl)cc1N. The number of aromatic nitrogens is 1. The summed E-state index contributed by atoms with van der Waals surface area (Å²) in [4.78, 5) is 4.18. The summed E-state index contributed by atoms with van der Waals surface area (Å²) in [5.41, 5.74) is 6.42. The minimum Gasteiger partial charge on any atom is -0.396 e. The highest BCUT2D eigenvalue weighted by molar-refractivity contribution is 6.30. The second-order valence-corrected chi connectivity index (χ2v) is 4.75. The molecule has 1 aromatic rings. The standard InChI is InChI=1S/C11H16ClN3/c1-7(4-8-2-3-8)15-11-10(13)5-9(12)6-14-11/h5-8H,2-4,13H2,1H3,(H,14,15). The molecule has 1 heterocycles. The predicted octanol–water partition coefficient (Wildman–Crippen LogP) is 2.92. The average Bonchev–Trinajstić information content (AvgIpc) is 2.94. The third-order valence-corrected chi connectivity index (χ3v) is 2.86. The summed E-state index contributed by atoms with van der Waals surface area (Å²) in [5, 5.41) is 3.89. The Morgan fingerprint density at radius 1 is 1.67 bits per heavy atom.